The second-order valence-electron chi connectivity index (χ2n) is 10.1. The summed E-state index contributed by atoms with van der Waals surface area (Å²) in [5.41, 5.74) is 3.15. The van der Waals surface area contributed by atoms with Crippen LogP contribution in [-0.4, -0.2) is 62.2 Å². The standard InChI is InChI=1S/C25H36N4O2/c1-29(2)21(30)16-26-24(27-19-10-9-17-7-3-4-8-18(17)15-19)28-22-20-11-14-31-23(20)25(22)12-5-6-13-25/h3-4,7-8,19-20,22-23H,5-6,9-16H2,1-2H3,(H2,26,27,28). The maximum Gasteiger partial charge on any atom is 0.243 e. The summed E-state index contributed by atoms with van der Waals surface area (Å²) in [5, 5.41) is 7.52. The Balaban J connectivity index is 1.32. The first-order chi connectivity index (χ1) is 15.1. The van der Waals surface area contributed by atoms with Crippen LogP contribution >= 0.6 is 0 Å². The highest BCUT2D eigenvalue weighted by Crippen LogP contribution is 2.60. The van der Waals surface area contributed by atoms with Crippen molar-refractivity contribution in [1.29, 1.82) is 0 Å². The van der Waals surface area contributed by atoms with Crippen LogP contribution in [0.5, 0.6) is 0 Å². The highest BCUT2D eigenvalue weighted by molar-refractivity contribution is 5.85. The molecule has 31 heavy (non-hydrogen) atoms. The fourth-order valence-electron chi connectivity index (χ4n) is 6.49. The van der Waals surface area contributed by atoms with Gasteiger partial charge in [0.15, 0.2) is 5.96 Å². The SMILES string of the molecule is CN(C)C(=O)CN=C(NC1CCc2ccccc2C1)NC1C2CCOC2C12CCCC2. The molecule has 0 aromatic heterocycles. The van der Waals surface area contributed by atoms with E-state index >= 15 is 0 Å². The Morgan fingerprint density at radius 3 is 2.71 bits per heavy atom. The average Bonchev–Trinajstić information content (AvgIpc) is 3.44. The first-order valence-electron chi connectivity index (χ1n) is 12.0. The number of benzene rings is 1. The maximum absolute atomic E-state index is 12.2. The molecule has 1 spiro atoms. The van der Waals surface area contributed by atoms with Gasteiger partial charge >= 0.3 is 0 Å². The number of aryl methyl sites for hydroxylation is 1. The van der Waals surface area contributed by atoms with Gasteiger partial charge in [0.25, 0.3) is 0 Å². The van der Waals surface area contributed by atoms with Crippen LogP contribution in [0.4, 0.5) is 0 Å². The zero-order chi connectivity index (χ0) is 21.4. The third-order valence-corrected chi connectivity index (χ3v) is 8.14. The van der Waals surface area contributed by atoms with Crippen LogP contribution in [0.25, 0.3) is 0 Å². The molecule has 2 N–H and O–H groups in total. The minimum atomic E-state index is 0.0290. The van der Waals surface area contributed by atoms with Gasteiger partial charge in [-0.15, -0.1) is 0 Å². The lowest BCUT2D eigenvalue weighted by Crippen LogP contribution is -2.69. The molecule has 6 heteroatoms. The molecule has 3 fully saturated rings. The minimum Gasteiger partial charge on any atom is -0.377 e. The lowest BCUT2D eigenvalue weighted by Gasteiger charge is -2.57. The summed E-state index contributed by atoms with van der Waals surface area (Å²) < 4.78 is 6.16. The fourth-order valence-corrected chi connectivity index (χ4v) is 6.49. The molecule has 4 atom stereocenters. The van der Waals surface area contributed by atoms with Gasteiger partial charge in [0, 0.05) is 44.1 Å². The summed E-state index contributed by atoms with van der Waals surface area (Å²) in [6, 6.07) is 9.48. The van der Waals surface area contributed by atoms with E-state index in [0.717, 1.165) is 38.2 Å². The maximum atomic E-state index is 12.2. The van der Waals surface area contributed by atoms with Crippen molar-refractivity contribution in [3.63, 3.8) is 0 Å². The predicted molar refractivity (Wildman–Crippen MR) is 122 cm³/mol. The normalized spacial score (nSPS) is 31.0. The van der Waals surface area contributed by atoms with E-state index in [-0.39, 0.29) is 17.9 Å². The molecule has 168 valence electrons. The molecule has 1 saturated heterocycles. The molecule has 6 nitrogen and oxygen atoms in total. The third kappa shape index (κ3) is 3.84. The summed E-state index contributed by atoms with van der Waals surface area (Å²) in [7, 11) is 3.58. The van der Waals surface area contributed by atoms with Crippen LogP contribution in [0.15, 0.2) is 29.3 Å². The Labute approximate surface area is 185 Å². The van der Waals surface area contributed by atoms with Crippen molar-refractivity contribution < 1.29 is 9.53 Å². The smallest absolute Gasteiger partial charge is 0.243 e. The summed E-state index contributed by atoms with van der Waals surface area (Å²) in [6.45, 7) is 1.06. The van der Waals surface area contributed by atoms with Gasteiger partial charge < -0.3 is 20.3 Å². The summed E-state index contributed by atoms with van der Waals surface area (Å²) >= 11 is 0. The molecule has 4 unspecified atom stereocenters. The third-order valence-electron chi connectivity index (χ3n) is 8.14. The lowest BCUT2D eigenvalue weighted by molar-refractivity contribution is -0.127. The van der Waals surface area contributed by atoms with Gasteiger partial charge in [-0.1, -0.05) is 37.1 Å². The Kier molecular flexibility index (Phi) is 5.67. The second kappa shape index (κ2) is 8.45. The van der Waals surface area contributed by atoms with E-state index in [9.17, 15) is 4.79 Å². The monoisotopic (exact) mass is 424 g/mol. The van der Waals surface area contributed by atoms with Gasteiger partial charge in [-0.25, -0.2) is 4.99 Å². The number of nitrogens with zero attached hydrogens (tertiary/aromatic N) is 2. The summed E-state index contributed by atoms with van der Waals surface area (Å²) in [5.74, 6) is 1.41. The van der Waals surface area contributed by atoms with E-state index in [1.165, 1.54) is 36.8 Å². The van der Waals surface area contributed by atoms with Crippen molar-refractivity contribution in [2.45, 2.75) is 69.6 Å². The highest BCUT2D eigenvalue weighted by Gasteiger charge is 2.65. The molecule has 0 radical (unpaired) electrons. The molecule has 1 aromatic carbocycles. The molecule has 4 aliphatic rings. The van der Waals surface area contributed by atoms with Crippen molar-refractivity contribution in [2.75, 3.05) is 27.2 Å². The van der Waals surface area contributed by atoms with Crippen molar-refractivity contribution in [2.24, 2.45) is 16.3 Å². The van der Waals surface area contributed by atoms with Gasteiger partial charge in [-0.05, 0) is 49.7 Å². The molecule has 2 saturated carbocycles. The van der Waals surface area contributed by atoms with Gasteiger partial charge in [-0.2, -0.15) is 0 Å². The van der Waals surface area contributed by atoms with E-state index in [2.05, 4.69) is 34.9 Å². The van der Waals surface area contributed by atoms with Crippen molar-refractivity contribution in [1.82, 2.24) is 15.5 Å². The number of carbonyl (C=O) groups is 1. The van der Waals surface area contributed by atoms with Crippen molar-refractivity contribution in [3.8, 4) is 0 Å². The molecule has 5 rings (SSSR count). The van der Waals surface area contributed by atoms with E-state index in [0.29, 0.717) is 24.1 Å². The van der Waals surface area contributed by atoms with Crippen LogP contribution in [0.2, 0.25) is 0 Å². The topological polar surface area (TPSA) is 66.0 Å². The molecule has 3 aliphatic carbocycles. The summed E-state index contributed by atoms with van der Waals surface area (Å²) in [6.07, 6.45) is 9.80. The Bertz CT molecular complexity index is 846. The number of nitrogens with one attached hydrogen (secondary N) is 2. The van der Waals surface area contributed by atoms with Crippen LogP contribution in [0.3, 0.4) is 0 Å². The van der Waals surface area contributed by atoms with Crippen LogP contribution in [0, 0.1) is 11.3 Å². The van der Waals surface area contributed by atoms with Crippen LogP contribution < -0.4 is 10.6 Å². The molecule has 1 heterocycles. The van der Waals surface area contributed by atoms with Crippen LogP contribution in [0.1, 0.15) is 49.7 Å². The Morgan fingerprint density at radius 2 is 1.94 bits per heavy atom. The molecular weight excluding hydrogens is 388 g/mol. The largest absolute Gasteiger partial charge is 0.377 e. The van der Waals surface area contributed by atoms with E-state index in [1.54, 1.807) is 19.0 Å². The first-order valence-corrected chi connectivity index (χ1v) is 12.0. The van der Waals surface area contributed by atoms with Gasteiger partial charge in [0.1, 0.15) is 6.54 Å². The van der Waals surface area contributed by atoms with Gasteiger partial charge in [-0.3, -0.25) is 4.79 Å². The average molecular weight is 425 g/mol. The second-order valence-corrected chi connectivity index (χ2v) is 10.1. The van der Waals surface area contributed by atoms with E-state index in [4.69, 9.17) is 9.73 Å². The molecule has 1 amide bonds. The summed E-state index contributed by atoms with van der Waals surface area (Å²) in [4.78, 5) is 18.6. The number of fused-ring (bicyclic) bond motifs is 3. The number of hydrogen-bond acceptors (Lipinski definition) is 3. The molecule has 1 aromatic rings. The Morgan fingerprint density at radius 1 is 1.16 bits per heavy atom. The zero-order valence-corrected chi connectivity index (χ0v) is 18.9. The number of likely N-dealkylation sites (N-methyl/N-ethyl adjacent to an activating group) is 1. The molecular formula is C25H36N4O2. The van der Waals surface area contributed by atoms with Crippen molar-refractivity contribution in [3.05, 3.63) is 35.4 Å². The number of carbonyl (C=O) groups excluding carboxylic acids is 1. The quantitative estimate of drug-likeness (QED) is 0.576. The lowest BCUT2D eigenvalue weighted by atomic mass is 9.54. The van der Waals surface area contributed by atoms with Crippen molar-refractivity contribution >= 4 is 11.9 Å². The molecule has 1 aliphatic heterocycles. The number of ether oxygens (including phenoxy) is 1. The zero-order valence-electron chi connectivity index (χ0n) is 18.9. The molecule has 0 bridgehead atoms. The van der Waals surface area contributed by atoms with E-state index < -0.39 is 0 Å². The van der Waals surface area contributed by atoms with E-state index in [1.807, 2.05) is 0 Å². The highest BCUT2D eigenvalue weighted by atomic mass is 16.5. The number of rotatable bonds is 4. The van der Waals surface area contributed by atoms with Crippen LogP contribution in [-0.2, 0) is 22.4 Å². The predicted octanol–water partition coefficient (Wildman–Crippen LogP) is 2.51. The fraction of sp³-hybridized carbons (Fsp3) is 0.680. The number of guanidine groups is 1. The number of aliphatic imine (C=N–C) groups is 1. The minimum absolute atomic E-state index is 0.0290. The number of hydrogen-bond donors (Lipinski definition) is 2. The first kappa shape index (κ1) is 20.8. The Hall–Kier alpha value is -2.08. The van der Waals surface area contributed by atoms with Gasteiger partial charge in [0.2, 0.25) is 5.91 Å². The number of amides is 1. The van der Waals surface area contributed by atoms with Gasteiger partial charge in [0.05, 0.1) is 6.10 Å².